The first-order valence-corrected chi connectivity index (χ1v) is 12.4. The molecule has 1 aromatic heterocycles. The molecule has 1 saturated heterocycles. The number of carbonyl (C=O) groups is 2. The first-order valence-electron chi connectivity index (χ1n) is 12.4. The Labute approximate surface area is 212 Å². The van der Waals surface area contributed by atoms with Gasteiger partial charge < -0.3 is 14.5 Å². The molecule has 0 bridgehead atoms. The molecule has 36 heavy (non-hydrogen) atoms. The number of likely N-dealkylation sites (tertiary alicyclic amines) is 1. The van der Waals surface area contributed by atoms with Crippen LogP contribution in [0.25, 0.3) is 22.4 Å². The van der Waals surface area contributed by atoms with Gasteiger partial charge in [-0.2, -0.15) is 0 Å². The Morgan fingerprint density at radius 2 is 1.56 bits per heavy atom. The second-order valence-electron chi connectivity index (χ2n) is 11.1. The average molecular weight is 490 g/mol. The number of esters is 1. The first kappa shape index (κ1) is 25.5. The van der Waals surface area contributed by atoms with Crippen LogP contribution < -0.4 is 0 Å². The summed E-state index contributed by atoms with van der Waals surface area (Å²) in [4.78, 5) is 35.2. The third kappa shape index (κ3) is 5.96. The third-order valence-corrected chi connectivity index (χ3v) is 5.84. The maximum Gasteiger partial charge on any atom is 0.410 e. The molecule has 1 amide bonds. The molecule has 2 heterocycles. The van der Waals surface area contributed by atoms with Crippen LogP contribution in [0.1, 0.15) is 76.6 Å². The fraction of sp³-hybridized carbons (Fsp3) is 0.414. The van der Waals surface area contributed by atoms with Gasteiger partial charge in [-0.3, -0.25) is 4.90 Å². The molecule has 3 aromatic rings. The lowest BCUT2D eigenvalue weighted by molar-refractivity contribution is 0.00695. The molecule has 4 rings (SSSR count). The number of hydrogen-bond acceptors (Lipinski definition) is 5. The van der Waals surface area contributed by atoms with Crippen LogP contribution in [0.2, 0.25) is 0 Å². The number of aromatic amines is 1. The summed E-state index contributed by atoms with van der Waals surface area (Å²) in [5.74, 6) is 0.416. The van der Waals surface area contributed by atoms with Crippen LogP contribution in [0.4, 0.5) is 4.79 Å². The first-order chi connectivity index (χ1) is 16.9. The highest BCUT2D eigenvalue weighted by atomic mass is 16.6. The zero-order chi connectivity index (χ0) is 26.1. The third-order valence-electron chi connectivity index (χ3n) is 5.84. The molecule has 1 fully saturated rings. The van der Waals surface area contributed by atoms with Gasteiger partial charge in [0.1, 0.15) is 17.0 Å². The number of benzene rings is 2. The van der Waals surface area contributed by atoms with Gasteiger partial charge in [-0.25, -0.2) is 14.6 Å². The molecular weight excluding hydrogens is 454 g/mol. The zero-order valence-corrected chi connectivity index (χ0v) is 21.9. The molecule has 2 aromatic carbocycles. The quantitative estimate of drug-likeness (QED) is 0.409. The molecule has 1 atom stereocenters. The Bertz CT molecular complexity index is 1230. The lowest BCUT2D eigenvalue weighted by Gasteiger charge is -2.27. The maximum atomic E-state index is 12.8. The summed E-state index contributed by atoms with van der Waals surface area (Å²) in [5, 5.41) is 0. The van der Waals surface area contributed by atoms with Gasteiger partial charge >= 0.3 is 12.1 Å². The van der Waals surface area contributed by atoms with E-state index in [1.54, 1.807) is 17.2 Å². The van der Waals surface area contributed by atoms with Crippen LogP contribution in [0.15, 0.2) is 54.7 Å². The Morgan fingerprint density at radius 1 is 0.917 bits per heavy atom. The topological polar surface area (TPSA) is 84.5 Å². The highest BCUT2D eigenvalue weighted by Gasteiger charge is 2.34. The van der Waals surface area contributed by atoms with Crippen molar-refractivity contribution in [3.8, 4) is 22.4 Å². The predicted molar refractivity (Wildman–Crippen MR) is 140 cm³/mol. The van der Waals surface area contributed by atoms with Crippen molar-refractivity contribution in [3.63, 3.8) is 0 Å². The molecule has 0 spiro atoms. The summed E-state index contributed by atoms with van der Waals surface area (Å²) in [5.41, 5.74) is 3.01. The van der Waals surface area contributed by atoms with Gasteiger partial charge in [-0.1, -0.05) is 42.5 Å². The van der Waals surface area contributed by atoms with Gasteiger partial charge in [-0.15, -0.1) is 0 Å². The van der Waals surface area contributed by atoms with Crippen molar-refractivity contribution in [2.75, 3.05) is 6.54 Å². The Hall–Kier alpha value is -3.61. The number of carbonyl (C=O) groups excluding carboxylic acids is 2. The monoisotopic (exact) mass is 489 g/mol. The van der Waals surface area contributed by atoms with E-state index in [9.17, 15) is 9.59 Å². The molecule has 190 valence electrons. The lowest BCUT2D eigenvalue weighted by atomic mass is 9.98. The molecular formula is C29H35N3O4. The largest absolute Gasteiger partial charge is 0.456 e. The summed E-state index contributed by atoms with van der Waals surface area (Å²) in [6, 6.07) is 15.3. The summed E-state index contributed by atoms with van der Waals surface area (Å²) in [6.45, 7) is 11.9. The SMILES string of the molecule is CC(C)(C)OC(=O)c1ccccc1-c1ccc(-c2cnc(C3CCCN3C(=O)OC(C)(C)C)[nH]2)cc1. The highest BCUT2D eigenvalue weighted by Crippen LogP contribution is 2.33. The van der Waals surface area contributed by atoms with E-state index in [0.29, 0.717) is 12.1 Å². The van der Waals surface area contributed by atoms with Crippen molar-refractivity contribution >= 4 is 12.1 Å². The standard InChI is InChI=1S/C29H35N3O4/c1-28(2,3)35-26(33)22-11-8-7-10-21(22)19-13-15-20(16-14-19)23-18-30-25(31-23)24-12-9-17-32(24)27(34)36-29(4,5)6/h7-8,10-11,13-16,18,24H,9,12,17H2,1-6H3,(H,30,31). The summed E-state index contributed by atoms with van der Waals surface area (Å²) >= 11 is 0. The minimum atomic E-state index is -0.565. The fourth-order valence-corrected chi connectivity index (χ4v) is 4.32. The number of rotatable bonds is 4. The van der Waals surface area contributed by atoms with Crippen LogP contribution >= 0.6 is 0 Å². The Kier molecular flexibility index (Phi) is 6.94. The second-order valence-corrected chi connectivity index (χ2v) is 11.1. The van der Waals surface area contributed by atoms with Crippen molar-refractivity contribution in [1.29, 1.82) is 0 Å². The molecule has 7 nitrogen and oxygen atoms in total. The van der Waals surface area contributed by atoms with Gasteiger partial charge in [0, 0.05) is 6.54 Å². The molecule has 1 unspecified atom stereocenters. The van der Waals surface area contributed by atoms with Crippen LogP contribution in [0, 0.1) is 0 Å². The molecule has 0 aliphatic carbocycles. The van der Waals surface area contributed by atoms with Gasteiger partial charge in [0.2, 0.25) is 0 Å². The van der Waals surface area contributed by atoms with Crippen molar-refractivity contribution in [1.82, 2.24) is 14.9 Å². The van der Waals surface area contributed by atoms with Crippen LogP contribution in [0.3, 0.4) is 0 Å². The number of amides is 1. The van der Waals surface area contributed by atoms with Crippen LogP contribution in [0.5, 0.6) is 0 Å². The summed E-state index contributed by atoms with van der Waals surface area (Å²) < 4.78 is 11.2. The number of nitrogens with zero attached hydrogens (tertiary/aromatic N) is 2. The summed E-state index contributed by atoms with van der Waals surface area (Å²) in [6.07, 6.45) is 3.24. The van der Waals surface area contributed by atoms with E-state index in [-0.39, 0.29) is 18.1 Å². The Morgan fingerprint density at radius 3 is 2.22 bits per heavy atom. The maximum absolute atomic E-state index is 12.8. The fourth-order valence-electron chi connectivity index (χ4n) is 4.32. The number of hydrogen-bond donors (Lipinski definition) is 1. The van der Waals surface area contributed by atoms with Crippen LogP contribution in [-0.4, -0.2) is 44.7 Å². The normalized spacial score (nSPS) is 16.2. The number of aromatic nitrogens is 2. The minimum Gasteiger partial charge on any atom is -0.456 e. The summed E-state index contributed by atoms with van der Waals surface area (Å²) in [7, 11) is 0. The van der Waals surface area contributed by atoms with E-state index in [1.807, 2.05) is 84.0 Å². The number of nitrogens with one attached hydrogen (secondary N) is 1. The molecule has 0 radical (unpaired) electrons. The smallest absolute Gasteiger partial charge is 0.410 e. The molecule has 1 aliphatic rings. The number of imidazole rings is 1. The molecule has 7 heteroatoms. The lowest BCUT2D eigenvalue weighted by Crippen LogP contribution is -2.36. The molecule has 1 N–H and O–H groups in total. The zero-order valence-electron chi connectivity index (χ0n) is 21.9. The van der Waals surface area contributed by atoms with E-state index in [1.165, 1.54) is 0 Å². The van der Waals surface area contributed by atoms with E-state index >= 15 is 0 Å². The number of H-pyrrole nitrogens is 1. The predicted octanol–water partition coefficient (Wildman–Crippen LogP) is 6.77. The van der Waals surface area contributed by atoms with Crippen LogP contribution in [-0.2, 0) is 9.47 Å². The van der Waals surface area contributed by atoms with Crippen molar-refractivity contribution in [3.05, 3.63) is 66.1 Å². The second kappa shape index (κ2) is 9.80. The van der Waals surface area contributed by atoms with Crippen molar-refractivity contribution in [2.24, 2.45) is 0 Å². The Balaban J connectivity index is 1.53. The van der Waals surface area contributed by atoms with Gasteiger partial charge in [0.25, 0.3) is 0 Å². The molecule has 0 saturated carbocycles. The number of ether oxygens (including phenoxy) is 2. The van der Waals surface area contributed by atoms with Gasteiger partial charge in [0.05, 0.1) is 23.5 Å². The van der Waals surface area contributed by atoms with E-state index in [2.05, 4.69) is 9.97 Å². The average Bonchev–Trinajstić information content (AvgIpc) is 3.47. The minimum absolute atomic E-state index is 0.131. The van der Waals surface area contributed by atoms with Gasteiger partial charge in [0.15, 0.2) is 0 Å². The molecule has 1 aliphatic heterocycles. The van der Waals surface area contributed by atoms with Crippen molar-refractivity contribution < 1.29 is 19.1 Å². The highest BCUT2D eigenvalue weighted by molar-refractivity contribution is 5.97. The van der Waals surface area contributed by atoms with E-state index < -0.39 is 11.2 Å². The van der Waals surface area contributed by atoms with Gasteiger partial charge in [-0.05, 0) is 77.1 Å². The van der Waals surface area contributed by atoms with Crippen molar-refractivity contribution in [2.45, 2.75) is 71.6 Å². The van der Waals surface area contributed by atoms with E-state index in [0.717, 1.165) is 41.1 Å². The van der Waals surface area contributed by atoms with E-state index in [4.69, 9.17) is 9.47 Å².